The summed E-state index contributed by atoms with van der Waals surface area (Å²) in [6.07, 6.45) is 4.09. The maximum absolute atomic E-state index is 12.8. The molecule has 0 N–H and O–H groups in total. The number of aromatic nitrogens is 3. The van der Waals surface area contributed by atoms with E-state index in [1.807, 2.05) is 30.3 Å². The van der Waals surface area contributed by atoms with Gasteiger partial charge in [0.15, 0.2) is 0 Å². The fourth-order valence-corrected chi connectivity index (χ4v) is 3.98. The number of carbonyl (C=O) groups excluding carboxylic acids is 1. The largest absolute Gasteiger partial charge is 0.493 e. The van der Waals surface area contributed by atoms with E-state index in [0.29, 0.717) is 24.6 Å². The molecule has 0 saturated heterocycles. The first-order valence-corrected chi connectivity index (χ1v) is 11.4. The van der Waals surface area contributed by atoms with Crippen molar-refractivity contribution in [3.8, 4) is 5.75 Å². The standard InChI is InChI=1S/C27H30N4O2/c1-20(2)22-11-4-7-14-25(22)33-17-9-16-31-24-13-6-5-12-23(24)29-26(31)19-30(3)27(32)21-10-8-15-28-18-21/h4-8,10-15,18,20H,9,16-17,19H2,1-3H3. The van der Waals surface area contributed by atoms with Gasteiger partial charge in [-0.3, -0.25) is 9.78 Å². The van der Waals surface area contributed by atoms with Crippen LogP contribution >= 0.6 is 0 Å². The molecule has 6 heteroatoms. The number of hydrogen-bond acceptors (Lipinski definition) is 4. The Balaban J connectivity index is 1.47. The second kappa shape index (κ2) is 10.3. The van der Waals surface area contributed by atoms with Crippen molar-refractivity contribution in [2.75, 3.05) is 13.7 Å². The predicted octanol–water partition coefficient (Wildman–Crippen LogP) is 5.30. The number of rotatable bonds is 9. The van der Waals surface area contributed by atoms with Crippen LogP contribution in [-0.2, 0) is 13.1 Å². The van der Waals surface area contributed by atoms with Gasteiger partial charge in [0, 0.05) is 26.0 Å². The van der Waals surface area contributed by atoms with E-state index in [1.54, 1.807) is 36.5 Å². The van der Waals surface area contributed by atoms with Crippen molar-refractivity contribution >= 4 is 16.9 Å². The van der Waals surface area contributed by atoms with E-state index in [1.165, 1.54) is 5.56 Å². The molecule has 170 valence electrons. The average Bonchev–Trinajstić information content (AvgIpc) is 3.18. The molecule has 4 rings (SSSR count). The lowest BCUT2D eigenvalue weighted by atomic mass is 10.0. The number of benzene rings is 2. The van der Waals surface area contributed by atoms with Gasteiger partial charge in [0.2, 0.25) is 0 Å². The molecule has 0 spiro atoms. The lowest BCUT2D eigenvalue weighted by Gasteiger charge is -2.18. The number of aryl methyl sites for hydroxylation is 1. The van der Waals surface area contributed by atoms with E-state index in [4.69, 9.17) is 9.72 Å². The Labute approximate surface area is 194 Å². The third-order valence-corrected chi connectivity index (χ3v) is 5.69. The van der Waals surface area contributed by atoms with Crippen molar-refractivity contribution < 1.29 is 9.53 Å². The minimum atomic E-state index is -0.0738. The van der Waals surface area contributed by atoms with Crippen LogP contribution in [0, 0.1) is 0 Å². The fourth-order valence-electron chi connectivity index (χ4n) is 3.98. The van der Waals surface area contributed by atoms with Gasteiger partial charge in [-0.2, -0.15) is 0 Å². The summed E-state index contributed by atoms with van der Waals surface area (Å²) in [5.74, 6) is 2.15. The third kappa shape index (κ3) is 5.22. The Kier molecular flexibility index (Phi) is 7.03. The molecule has 0 unspecified atom stereocenters. The molecule has 0 fully saturated rings. The minimum Gasteiger partial charge on any atom is -0.493 e. The van der Waals surface area contributed by atoms with Crippen molar-refractivity contribution in [3.05, 3.63) is 90.0 Å². The zero-order valence-corrected chi connectivity index (χ0v) is 19.4. The number of fused-ring (bicyclic) bond motifs is 1. The second-order valence-corrected chi connectivity index (χ2v) is 8.47. The molecular formula is C27H30N4O2. The van der Waals surface area contributed by atoms with Crippen LogP contribution in [0.5, 0.6) is 5.75 Å². The van der Waals surface area contributed by atoms with Crippen molar-refractivity contribution in [1.82, 2.24) is 19.4 Å². The molecule has 0 aliphatic rings. The SMILES string of the molecule is CC(C)c1ccccc1OCCCn1c(CN(C)C(=O)c2cccnc2)nc2ccccc21. The first-order chi connectivity index (χ1) is 16.0. The number of hydrogen-bond donors (Lipinski definition) is 0. The number of amides is 1. The third-order valence-electron chi connectivity index (χ3n) is 5.69. The van der Waals surface area contributed by atoms with Gasteiger partial charge in [0.25, 0.3) is 5.91 Å². The molecule has 0 radical (unpaired) electrons. The Bertz CT molecular complexity index is 1220. The first kappa shape index (κ1) is 22.5. The van der Waals surface area contributed by atoms with Crippen LogP contribution in [-0.4, -0.2) is 39.0 Å². The van der Waals surface area contributed by atoms with Crippen molar-refractivity contribution in [3.63, 3.8) is 0 Å². The Hall–Kier alpha value is -3.67. The zero-order valence-electron chi connectivity index (χ0n) is 19.4. The van der Waals surface area contributed by atoms with E-state index in [0.717, 1.165) is 35.6 Å². The molecule has 0 aliphatic heterocycles. The molecule has 2 aromatic heterocycles. The fraction of sp³-hybridized carbons (Fsp3) is 0.296. The Morgan fingerprint density at radius 3 is 2.64 bits per heavy atom. The molecule has 2 aromatic carbocycles. The van der Waals surface area contributed by atoms with Crippen LogP contribution in [0.2, 0.25) is 0 Å². The van der Waals surface area contributed by atoms with Crippen molar-refractivity contribution in [2.45, 2.75) is 39.3 Å². The van der Waals surface area contributed by atoms with Gasteiger partial charge in [-0.25, -0.2) is 4.98 Å². The van der Waals surface area contributed by atoms with E-state index < -0.39 is 0 Å². The molecule has 6 nitrogen and oxygen atoms in total. The minimum absolute atomic E-state index is 0.0738. The molecule has 1 amide bonds. The van der Waals surface area contributed by atoms with E-state index in [9.17, 15) is 4.79 Å². The molecule has 4 aromatic rings. The monoisotopic (exact) mass is 442 g/mol. The van der Waals surface area contributed by atoms with Crippen molar-refractivity contribution in [2.24, 2.45) is 0 Å². The van der Waals surface area contributed by atoms with Gasteiger partial charge >= 0.3 is 0 Å². The van der Waals surface area contributed by atoms with E-state index >= 15 is 0 Å². The number of ether oxygens (including phenoxy) is 1. The number of carbonyl (C=O) groups is 1. The van der Waals surface area contributed by atoms with Crippen LogP contribution in [0.3, 0.4) is 0 Å². The number of nitrogens with zero attached hydrogens (tertiary/aromatic N) is 4. The Morgan fingerprint density at radius 1 is 1.06 bits per heavy atom. The molecular weight excluding hydrogens is 412 g/mol. The molecule has 0 atom stereocenters. The topological polar surface area (TPSA) is 60.2 Å². The zero-order chi connectivity index (χ0) is 23.2. The van der Waals surface area contributed by atoms with Gasteiger partial charge in [-0.05, 0) is 48.2 Å². The average molecular weight is 443 g/mol. The summed E-state index contributed by atoms with van der Waals surface area (Å²) in [6, 6.07) is 19.9. The van der Waals surface area contributed by atoms with Gasteiger partial charge in [-0.15, -0.1) is 0 Å². The number of pyridine rings is 1. The molecule has 2 heterocycles. The van der Waals surface area contributed by atoms with Crippen LogP contribution < -0.4 is 4.74 Å². The number of para-hydroxylation sites is 3. The van der Waals surface area contributed by atoms with E-state index in [2.05, 4.69) is 41.6 Å². The predicted molar refractivity (Wildman–Crippen MR) is 130 cm³/mol. The maximum Gasteiger partial charge on any atom is 0.255 e. The summed E-state index contributed by atoms with van der Waals surface area (Å²) in [5, 5.41) is 0. The molecule has 0 bridgehead atoms. The van der Waals surface area contributed by atoms with Crippen LogP contribution in [0.15, 0.2) is 73.1 Å². The smallest absolute Gasteiger partial charge is 0.255 e. The van der Waals surface area contributed by atoms with Crippen LogP contribution in [0.1, 0.15) is 47.9 Å². The molecule has 0 saturated carbocycles. The van der Waals surface area contributed by atoms with Crippen LogP contribution in [0.25, 0.3) is 11.0 Å². The Morgan fingerprint density at radius 2 is 1.85 bits per heavy atom. The highest BCUT2D eigenvalue weighted by molar-refractivity contribution is 5.93. The maximum atomic E-state index is 12.8. The lowest BCUT2D eigenvalue weighted by Crippen LogP contribution is -2.28. The highest BCUT2D eigenvalue weighted by atomic mass is 16.5. The number of imidazole rings is 1. The van der Waals surface area contributed by atoms with Crippen molar-refractivity contribution in [1.29, 1.82) is 0 Å². The summed E-state index contributed by atoms with van der Waals surface area (Å²) in [4.78, 5) is 23.4. The normalized spacial score (nSPS) is 11.2. The molecule has 33 heavy (non-hydrogen) atoms. The summed E-state index contributed by atoms with van der Waals surface area (Å²) in [7, 11) is 1.80. The highest BCUT2D eigenvalue weighted by Crippen LogP contribution is 2.26. The second-order valence-electron chi connectivity index (χ2n) is 8.47. The van der Waals surface area contributed by atoms with Gasteiger partial charge < -0.3 is 14.2 Å². The highest BCUT2D eigenvalue weighted by Gasteiger charge is 2.17. The summed E-state index contributed by atoms with van der Waals surface area (Å²) >= 11 is 0. The summed E-state index contributed by atoms with van der Waals surface area (Å²) < 4.78 is 8.32. The van der Waals surface area contributed by atoms with Gasteiger partial charge in [0.05, 0.1) is 29.7 Å². The summed E-state index contributed by atoms with van der Waals surface area (Å²) in [5.41, 5.74) is 3.79. The van der Waals surface area contributed by atoms with Crippen LogP contribution in [0.4, 0.5) is 0 Å². The lowest BCUT2D eigenvalue weighted by molar-refractivity contribution is 0.0779. The van der Waals surface area contributed by atoms with Gasteiger partial charge in [-0.1, -0.05) is 44.2 Å². The first-order valence-electron chi connectivity index (χ1n) is 11.4. The summed E-state index contributed by atoms with van der Waals surface area (Å²) in [6.45, 7) is 6.14. The molecule has 0 aliphatic carbocycles. The van der Waals surface area contributed by atoms with Gasteiger partial charge in [0.1, 0.15) is 11.6 Å². The van der Waals surface area contributed by atoms with E-state index in [-0.39, 0.29) is 5.91 Å². The quantitative estimate of drug-likeness (QED) is 0.330.